The topological polar surface area (TPSA) is 30.5 Å². The fourth-order valence-electron chi connectivity index (χ4n) is 1.78. The largest absolute Gasteiger partial charge is 0.491 e. The Hall–Kier alpha value is -0.770. The van der Waals surface area contributed by atoms with Gasteiger partial charge < -0.3 is 14.8 Å². The maximum Gasteiger partial charge on any atom is 0.124 e. The molecule has 20 heavy (non-hydrogen) atoms. The van der Waals surface area contributed by atoms with E-state index < -0.39 is 0 Å². The van der Waals surface area contributed by atoms with Crippen LogP contribution in [-0.4, -0.2) is 26.4 Å². The number of rotatable bonds is 10. The molecule has 4 heteroatoms. The van der Waals surface area contributed by atoms with Crippen LogP contribution < -0.4 is 10.1 Å². The van der Waals surface area contributed by atoms with E-state index in [1.165, 1.54) is 0 Å². The van der Waals surface area contributed by atoms with Crippen molar-refractivity contribution < 1.29 is 9.47 Å². The average molecular weight is 300 g/mol. The van der Waals surface area contributed by atoms with Crippen molar-refractivity contribution >= 4 is 11.6 Å². The molecule has 0 aliphatic rings. The van der Waals surface area contributed by atoms with Gasteiger partial charge >= 0.3 is 0 Å². The van der Waals surface area contributed by atoms with Gasteiger partial charge in [-0.3, -0.25) is 0 Å². The lowest BCUT2D eigenvalue weighted by Crippen LogP contribution is -2.19. The number of benzene rings is 1. The van der Waals surface area contributed by atoms with E-state index in [0.29, 0.717) is 19.1 Å². The Morgan fingerprint density at radius 1 is 1.20 bits per heavy atom. The van der Waals surface area contributed by atoms with Crippen LogP contribution in [-0.2, 0) is 11.3 Å². The van der Waals surface area contributed by atoms with Gasteiger partial charge in [-0.1, -0.05) is 32.4 Å². The van der Waals surface area contributed by atoms with Crippen LogP contribution in [0.3, 0.4) is 0 Å². The summed E-state index contributed by atoms with van der Waals surface area (Å²) in [4.78, 5) is 0. The monoisotopic (exact) mass is 299 g/mol. The fraction of sp³-hybridized carbons (Fsp3) is 0.625. The highest BCUT2D eigenvalue weighted by Gasteiger charge is 2.05. The Morgan fingerprint density at radius 3 is 2.70 bits per heavy atom. The summed E-state index contributed by atoms with van der Waals surface area (Å²) in [7, 11) is 0. The van der Waals surface area contributed by atoms with Crippen molar-refractivity contribution in [3.8, 4) is 5.75 Å². The summed E-state index contributed by atoms with van der Waals surface area (Å²) in [6.45, 7) is 10.2. The summed E-state index contributed by atoms with van der Waals surface area (Å²) in [5.74, 6) is 1.51. The van der Waals surface area contributed by atoms with Gasteiger partial charge in [0, 0.05) is 23.7 Å². The molecule has 0 saturated carbocycles. The minimum absolute atomic E-state index is 0.568. The Labute approximate surface area is 127 Å². The van der Waals surface area contributed by atoms with E-state index in [2.05, 4.69) is 26.1 Å². The third kappa shape index (κ3) is 7.13. The summed E-state index contributed by atoms with van der Waals surface area (Å²) < 4.78 is 11.2. The Balaban J connectivity index is 2.47. The van der Waals surface area contributed by atoms with E-state index in [-0.39, 0.29) is 0 Å². The predicted molar refractivity (Wildman–Crippen MR) is 84.6 cm³/mol. The molecule has 0 saturated heterocycles. The van der Waals surface area contributed by atoms with Gasteiger partial charge in [-0.15, -0.1) is 0 Å². The first-order valence-electron chi connectivity index (χ1n) is 7.33. The molecule has 0 fully saturated rings. The normalized spacial score (nSPS) is 11.1. The molecule has 114 valence electrons. The average Bonchev–Trinajstić information content (AvgIpc) is 2.40. The molecular formula is C16H26ClNO2. The molecule has 0 spiro atoms. The van der Waals surface area contributed by atoms with Crippen molar-refractivity contribution in [3.05, 3.63) is 28.8 Å². The van der Waals surface area contributed by atoms with Gasteiger partial charge in [-0.25, -0.2) is 0 Å². The van der Waals surface area contributed by atoms with Crippen LogP contribution in [0.4, 0.5) is 0 Å². The van der Waals surface area contributed by atoms with Crippen LogP contribution >= 0.6 is 11.6 Å². The molecule has 0 aromatic heterocycles. The van der Waals surface area contributed by atoms with Crippen molar-refractivity contribution in [1.82, 2.24) is 5.32 Å². The van der Waals surface area contributed by atoms with Crippen LogP contribution in [0.15, 0.2) is 18.2 Å². The number of nitrogens with one attached hydrogen (secondary N) is 1. The standard InChI is InChI=1S/C16H26ClNO2/c1-4-7-19-8-9-20-16-6-5-15(17)10-14(16)12-18-11-13(2)3/h5-6,10,13,18H,4,7-9,11-12H2,1-3H3. The zero-order valence-electron chi connectivity index (χ0n) is 12.7. The molecule has 1 aromatic rings. The van der Waals surface area contributed by atoms with E-state index in [4.69, 9.17) is 21.1 Å². The van der Waals surface area contributed by atoms with Crippen LogP contribution in [0.2, 0.25) is 5.02 Å². The van der Waals surface area contributed by atoms with Crippen molar-refractivity contribution in [2.45, 2.75) is 33.7 Å². The lowest BCUT2D eigenvalue weighted by atomic mass is 10.2. The van der Waals surface area contributed by atoms with Gasteiger partial charge in [-0.2, -0.15) is 0 Å². The molecule has 1 N–H and O–H groups in total. The van der Waals surface area contributed by atoms with Crippen molar-refractivity contribution in [2.24, 2.45) is 5.92 Å². The summed E-state index contributed by atoms with van der Waals surface area (Å²) in [5.41, 5.74) is 1.09. The number of hydrogen-bond acceptors (Lipinski definition) is 3. The minimum atomic E-state index is 0.568. The fourth-order valence-corrected chi connectivity index (χ4v) is 1.97. The van der Waals surface area contributed by atoms with Gasteiger partial charge in [0.25, 0.3) is 0 Å². The van der Waals surface area contributed by atoms with E-state index in [9.17, 15) is 0 Å². The van der Waals surface area contributed by atoms with E-state index in [1.807, 2.05) is 18.2 Å². The van der Waals surface area contributed by atoms with Crippen molar-refractivity contribution in [1.29, 1.82) is 0 Å². The predicted octanol–water partition coefficient (Wildman–Crippen LogP) is 3.89. The second kappa shape index (κ2) is 10.0. The van der Waals surface area contributed by atoms with Crippen LogP contribution in [0.1, 0.15) is 32.8 Å². The summed E-state index contributed by atoms with van der Waals surface area (Å²) in [6, 6.07) is 5.74. The minimum Gasteiger partial charge on any atom is -0.491 e. The number of ether oxygens (including phenoxy) is 2. The van der Waals surface area contributed by atoms with Crippen LogP contribution in [0.25, 0.3) is 0 Å². The maximum atomic E-state index is 6.05. The zero-order valence-corrected chi connectivity index (χ0v) is 13.5. The molecule has 0 heterocycles. The second-order valence-corrected chi connectivity index (χ2v) is 5.67. The van der Waals surface area contributed by atoms with Crippen molar-refractivity contribution in [2.75, 3.05) is 26.4 Å². The highest BCUT2D eigenvalue weighted by molar-refractivity contribution is 6.30. The van der Waals surface area contributed by atoms with Crippen LogP contribution in [0.5, 0.6) is 5.75 Å². The molecule has 0 amide bonds. The smallest absolute Gasteiger partial charge is 0.124 e. The van der Waals surface area contributed by atoms with Crippen molar-refractivity contribution in [3.63, 3.8) is 0 Å². The highest BCUT2D eigenvalue weighted by atomic mass is 35.5. The summed E-state index contributed by atoms with van der Waals surface area (Å²) >= 11 is 6.05. The molecule has 1 rings (SSSR count). The van der Waals surface area contributed by atoms with E-state index in [0.717, 1.165) is 42.5 Å². The third-order valence-electron chi connectivity index (χ3n) is 2.72. The zero-order chi connectivity index (χ0) is 14.8. The first-order chi connectivity index (χ1) is 9.63. The number of halogens is 1. The second-order valence-electron chi connectivity index (χ2n) is 5.24. The molecule has 0 aliphatic heterocycles. The molecule has 0 unspecified atom stereocenters. The van der Waals surface area contributed by atoms with Gasteiger partial charge in [0.1, 0.15) is 12.4 Å². The van der Waals surface area contributed by atoms with Gasteiger partial charge in [-0.05, 0) is 37.1 Å². The highest BCUT2D eigenvalue weighted by Crippen LogP contribution is 2.22. The Morgan fingerprint density at radius 2 is 2.00 bits per heavy atom. The maximum absolute atomic E-state index is 6.05. The molecule has 1 aromatic carbocycles. The Kier molecular flexibility index (Phi) is 8.67. The molecular weight excluding hydrogens is 274 g/mol. The molecule has 0 aliphatic carbocycles. The van der Waals surface area contributed by atoms with Gasteiger partial charge in [0.15, 0.2) is 0 Å². The third-order valence-corrected chi connectivity index (χ3v) is 2.96. The first-order valence-corrected chi connectivity index (χ1v) is 7.71. The first kappa shape index (κ1) is 17.3. The number of hydrogen-bond donors (Lipinski definition) is 1. The molecule has 0 atom stereocenters. The van der Waals surface area contributed by atoms with E-state index >= 15 is 0 Å². The van der Waals surface area contributed by atoms with Gasteiger partial charge in [0.05, 0.1) is 6.61 Å². The molecule has 3 nitrogen and oxygen atoms in total. The quantitative estimate of drug-likeness (QED) is 0.665. The molecule has 0 bridgehead atoms. The Bertz CT molecular complexity index is 383. The SMILES string of the molecule is CCCOCCOc1ccc(Cl)cc1CNCC(C)C. The van der Waals surface area contributed by atoms with Crippen LogP contribution in [0, 0.1) is 5.92 Å². The summed E-state index contributed by atoms with van der Waals surface area (Å²) in [6.07, 6.45) is 1.03. The van der Waals surface area contributed by atoms with E-state index in [1.54, 1.807) is 0 Å². The lowest BCUT2D eigenvalue weighted by molar-refractivity contribution is 0.100. The summed E-state index contributed by atoms with van der Waals surface area (Å²) in [5, 5.41) is 4.15. The molecule has 0 radical (unpaired) electrons. The van der Waals surface area contributed by atoms with Gasteiger partial charge in [0.2, 0.25) is 0 Å². The lowest BCUT2D eigenvalue weighted by Gasteiger charge is -2.13.